The molecule has 9 nitrogen and oxygen atoms in total. The minimum Gasteiger partial charge on any atom is -0.394 e. The first kappa shape index (κ1) is 12.2. The molecule has 0 aromatic carbocycles. The summed E-state index contributed by atoms with van der Waals surface area (Å²) in [5.74, 6) is 0.218. The minimum absolute atomic E-state index is 0.218. The van der Waals surface area contributed by atoms with E-state index in [1.165, 1.54) is 6.20 Å². The first-order chi connectivity index (χ1) is 9.11. The van der Waals surface area contributed by atoms with E-state index in [9.17, 15) is 10.2 Å². The molecule has 0 bridgehead atoms. The molecule has 0 radical (unpaired) electrons. The fraction of sp³-hybridized carbons (Fsp3) is 0.500. The normalized spacial score (nSPS) is 31.1. The zero-order valence-electron chi connectivity index (χ0n) is 9.79. The van der Waals surface area contributed by atoms with Gasteiger partial charge in [0, 0.05) is 6.20 Å². The molecule has 2 aromatic heterocycles. The van der Waals surface area contributed by atoms with E-state index in [1.54, 1.807) is 6.07 Å². The van der Waals surface area contributed by atoms with Gasteiger partial charge in [0.25, 0.3) is 0 Å². The van der Waals surface area contributed by atoms with E-state index < -0.39 is 31.1 Å². The van der Waals surface area contributed by atoms with Crippen LogP contribution in [0.1, 0.15) is 6.23 Å². The monoisotopic (exact) mass is 267 g/mol. The van der Waals surface area contributed by atoms with Gasteiger partial charge in [-0.2, -0.15) is 9.90 Å². The van der Waals surface area contributed by atoms with Gasteiger partial charge in [0.05, 0.1) is 6.61 Å². The summed E-state index contributed by atoms with van der Waals surface area (Å²) in [6.07, 6.45) is -2.77. The Labute approximate surface area is 107 Å². The van der Waals surface area contributed by atoms with Crippen molar-refractivity contribution in [3.05, 3.63) is 12.3 Å². The highest BCUT2D eigenvalue weighted by Gasteiger charge is 2.44. The van der Waals surface area contributed by atoms with Crippen LogP contribution in [0.3, 0.4) is 0 Å². The molecule has 102 valence electrons. The van der Waals surface area contributed by atoms with Crippen LogP contribution < -0.4 is 5.73 Å². The molecule has 1 fully saturated rings. The second-order valence-electron chi connectivity index (χ2n) is 4.31. The third-order valence-corrected chi connectivity index (χ3v) is 3.09. The van der Waals surface area contributed by atoms with Crippen molar-refractivity contribution in [1.82, 2.24) is 20.0 Å². The zero-order valence-corrected chi connectivity index (χ0v) is 9.79. The highest BCUT2D eigenvalue weighted by molar-refractivity contribution is 5.83. The van der Waals surface area contributed by atoms with Crippen LogP contribution in [0.4, 0.5) is 5.82 Å². The van der Waals surface area contributed by atoms with Gasteiger partial charge in [-0.3, -0.25) is 0 Å². The van der Waals surface area contributed by atoms with Crippen molar-refractivity contribution in [1.29, 1.82) is 0 Å². The summed E-state index contributed by atoms with van der Waals surface area (Å²) in [7, 11) is 0. The molecule has 0 unspecified atom stereocenters. The van der Waals surface area contributed by atoms with E-state index in [-0.39, 0.29) is 5.82 Å². The number of hydrogen-bond donors (Lipinski definition) is 4. The molecule has 0 amide bonds. The maximum atomic E-state index is 9.87. The quantitative estimate of drug-likeness (QED) is 0.491. The maximum Gasteiger partial charge on any atom is 0.198 e. The smallest absolute Gasteiger partial charge is 0.198 e. The third kappa shape index (κ3) is 1.83. The number of fused-ring (bicyclic) bond motifs is 1. The minimum atomic E-state index is -1.23. The van der Waals surface area contributed by atoms with Crippen LogP contribution >= 0.6 is 0 Å². The lowest BCUT2D eigenvalue weighted by molar-refractivity contribution is -0.0650. The Kier molecular flexibility index (Phi) is 2.82. The Bertz CT molecular complexity index is 603. The maximum absolute atomic E-state index is 9.87. The highest BCUT2D eigenvalue weighted by atomic mass is 16.6. The lowest BCUT2D eigenvalue weighted by Gasteiger charge is -2.12. The second kappa shape index (κ2) is 4.38. The average Bonchev–Trinajstić information content (AvgIpc) is 2.94. The molecule has 1 aliphatic rings. The third-order valence-electron chi connectivity index (χ3n) is 3.09. The number of aliphatic hydroxyl groups excluding tert-OH is 3. The van der Waals surface area contributed by atoms with Crippen LogP contribution in [0, 0.1) is 0 Å². The van der Waals surface area contributed by atoms with Gasteiger partial charge >= 0.3 is 0 Å². The van der Waals surface area contributed by atoms with E-state index >= 15 is 0 Å². The van der Waals surface area contributed by atoms with Gasteiger partial charge in [0.15, 0.2) is 17.6 Å². The molecule has 2 aromatic rings. The summed E-state index contributed by atoms with van der Waals surface area (Å²) in [6.45, 7) is -0.404. The van der Waals surface area contributed by atoms with E-state index in [2.05, 4.69) is 15.2 Å². The van der Waals surface area contributed by atoms with Gasteiger partial charge in [0.2, 0.25) is 0 Å². The molecule has 0 aliphatic carbocycles. The van der Waals surface area contributed by atoms with Gasteiger partial charge in [-0.05, 0) is 6.07 Å². The summed E-state index contributed by atoms with van der Waals surface area (Å²) in [5, 5.41) is 36.8. The number of pyridine rings is 1. The molecule has 1 aliphatic heterocycles. The summed E-state index contributed by atoms with van der Waals surface area (Å²) >= 11 is 0. The van der Waals surface area contributed by atoms with Crippen molar-refractivity contribution in [3.8, 4) is 0 Å². The predicted octanol–water partition coefficient (Wildman–Crippen LogP) is -1.98. The molecule has 4 atom stereocenters. The molecule has 1 saturated heterocycles. The molecular weight excluding hydrogens is 254 g/mol. The summed E-state index contributed by atoms with van der Waals surface area (Å²) in [6, 6.07) is 1.62. The number of aromatic nitrogens is 4. The lowest BCUT2D eigenvalue weighted by atomic mass is 10.1. The zero-order chi connectivity index (χ0) is 13.6. The number of anilines is 1. The molecule has 9 heteroatoms. The molecule has 5 N–H and O–H groups in total. The van der Waals surface area contributed by atoms with Gasteiger partial charge in [0.1, 0.15) is 23.8 Å². The van der Waals surface area contributed by atoms with E-state index in [0.717, 1.165) is 4.80 Å². The van der Waals surface area contributed by atoms with Crippen molar-refractivity contribution < 1.29 is 20.1 Å². The second-order valence-corrected chi connectivity index (χ2v) is 4.31. The number of hydrogen-bond acceptors (Lipinski definition) is 8. The summed E-state index contributed by atoms with van der Waals surface area (Å²) in [4.78, 5) is 5.01. The van der Waals surface area contributed by atoms with Gasteiger partial charge in [-0.25, -0.2) is 4.98 Å². The number of nitrogens with two attached hydrogens (primary N) is 1. The number of nitrogens with zero attached hydrogens (tertiary/aromatic N) is 4. The number of rotatable bonds is 2. The fourth-order valence-corrected chi connectivity index (χ4v) is 2.06. The largest absolute Gasteiger partial charge is 0.394 e. The van der Waals surface area contributed by atoms with Crippen LogP contribution in [-0.4, -0.2) is 60.2 Å². The van der Waals surface area contributed by atoms with Crippen LogP contribution in [0.5, 0.6) is 0 Å². The predicted molar refractivity (Wildman–Crippen MR) is 62.7 cm³/mol. The molecule has 19 heavy (non-hydrogen) atoms. The molecule has 3 heterocycles. The summed E-state index contributed by atoms with van der Waals surface area (Å²) < 4.78 is 5.32. The summed E-state index contributed by atoms with van der Waals surface area (Å²) in [5.41, 5.74) is 6.56. The molecule has 3 rings (SSSR count). The fourth-order valence-electron chi connectivity index (χ4n) is 2.06. The van der Waals surface area contributed by atoms with Crippen molar-refractivity contribution in [2.75, 3.05) is 12.3 Å². The number of ether oxygens (including phenoxy) is 1. The van der Waals surface area contributed by atoms with Gasteiger partial charge < -0.3 is 25.8 Å². The Balaban J connectivity index is 1.99. The highest BCUT2D eigenvalue weighted by Crippen LogP contribution is 2.29. The Morgan fingerprint density at radius 3 is 2.74 bits per heavy atom. The molecular formula is C10H13N5O4. The number of nitrogen functional groups attached to an aromatic ring is 1. The standard InChI is InChI=1S/C10H13N5O4/c11-9-6-4(1-2-12-9)13-15(14-6)10-8(18)7(17)5(3-16)19-10/h1-2,5,7-8,10,16-18H,3H2,(H2,11,12)/t5-,7-,8-,10-/m1/s1. The van der Waals surface area contributed by atoms with Crippen LogP contribution in [-0.2, 0) is 4.74 Å². The van der Waals surface area contributed by atoms with E-state index in [1.807, 2.05) is 0 Å². The SMILES string of the molecule is Nc1nccc2nn([C@@H]3O[C@H](CO)[C@@H](O)[C@H]3O)nc12. The number of aliphatic hydroxyl groups is 3. The van der Waals surface area contributed by atoms with E-state index in [0.29, 0.717) is 11.0 Å². The Morgan fingerprint density at radius 2 is 2.11 bits per heavy atom. The first-order valence-corrected chi connectivity index (χ1v) is 5.71. The van der Waals surface area contributed by atoms with Crippen LogP contribution in [0.25, 0.3) is 11.0 Å². The van der Waals surface area contributed by atoms with Crippen molar-refractivity contribution in [2.24, 2.45) is 0 Å². The first-order valence-electron chi connectivity index (χ1n) is 5.71. The van der Waals surface area contributed by atoms with Crippen molar-refractivity contribution in [3.63, 3.8) is 0 Å². The lowest BCUT2D eigenvalue weighted by Crippen LogP contribution is -2.33. The van der Waals surface area contributed by atoms with Crippen molar-refractivity contribution in [2.45, 2.75) is 24.5 Å². The van der Waals surface area contributed by atoms with Gasteiger partial charge in [-0.15, -0.1) is 5.10 Å². The van der Waals surface area contributed by atoms with E-state index in [4.69, 9.17) is 15.6 Å². The van der Waals surface area contributed by atoms with Crippen LogP contribution in [0.15, 0.2) is 12.3 Å². The Morgan fingerprint density at radius 1 is 1.32 bits per heavy atom. The molecule has 0 spiro atoms. The van der Waals surface area contributed by atoms with Crippen LogP contribution in [0.2, 0.25) is 0 Å². The molecule has 0 saturated carbocycles. The topological polar surface area (TPSA) is 140 Å². The van der Waals surface area contributed by atoms with Gasteiger partial charge in [-0.1, -0.05) is 0 Å². The Hall–Kier alpha value is -1.81. The average molecular weight is 267 g/mol. The van der Waals surface area contributed by atoms with Crippen molar-refractivity contribution >= 4 is 16.9 Å².